The molecule has 1 aromatic carbocycles. The molecule has 1 heterocycles. The molecule has 0 saturated carbocycles. The fourth-order valence-corrected chi connectivity index (χ4v) is 1.69. The number of benzene rings is 1. The Hall–Kier alpha value is -2.30. The van der Waals surface area contributed by atoms with Gasteiger partial charge in [-0.1, -0.05) is 29.4 Å². The Morgan fingerprint density at radius 1 is 1.32 bits per heavy atom. The van der Waals surface area contributed by atoms with E-state index in [2.05, 4.69) is 15.8 Å². The van der Waals surface area contributed by atoms with Crippen LogP contribution in [0.15, 0.2) is 34.9 Å². The Kier molecular flexibility index (Phi) is 4.18. The lowest BCUT2D eigenvalue weighted by Crippen LogP contribution is -2.29. The first kappa shape index (κ1) is 13.1. The van der Waals surface area contributed by atoms with E-state index in [-0.39, 0.29) is 12.5 Å². The lowest BCUT2D eigenvalue weighted by molar-refractivity contribution is -0.119. The molecule has 0 aliphatic carbocycles. The van der Waals surface area contributed by atoms with Gasteiger partial charge in [0.2, 0.25) is 5.91 Å². The predicted molar refractivity (Wildman–Crippen MR) is 72.8 cm³/mol. The third kappa shape index (κ3) is 3.84. The van der Waals surface area contributed by atoms with E-state index in [4.69, 9.17) is 4.52 Å². The van der Waals surface area contributed by atoms with Crippen molar-refractivity contribution in [2.75, 3.05) is 11.9 Å². The quantitative estimate of drug-likeness (QED) is 0.862. The van der Waals surface area contributed by atoms with Gasteiger partial charge in [-0.2, -0.15) is 0 Å². The highest BCUT2D eigenvalue weighted by Gasteiger charge is 2.04. The summed E-state index contributed by atoms with van der Waals surface area (Å²) in [6.45, 7) is 4.54. The Balaban J connectivity index is 1.77. The lowest BCUT2D eigenvalue weighted by Gasteiger charge is -2.08. The number of nitrogens with zero attached hydrogens (tertiary/aromatic N) is 1. The maximum Gasteiger partial charge on any atom is 0.239 e. The van der Waals surface area contributed by atoms with Crippen LogP contribution in [0.1, 0.15) is 16.9 Å². The van der Waals surface area contributed by atoms with E-state index in [1.807, 2.05) is 31.2 Å². The fraction of sp³-hybridized carbons (Fsp3) is 0.286. The zero-order valence-corrected chi connectivity index (χ0v) is 11.1. The second kappa shape index (κ2) is 6.04. The van der Waals surface area contributed by atoms with Gasteiger partial charge >= 0.3 is 0 Å². The monoisotopic (exact) mass is 259 g/mol. The fourth-order valence-electron chi connectivity index (χ4n) is 1.69. The number of anilines is 1. The molecule has 0 radical (unpaired) electrons. The minimum atomic E-state index is -0.0797. The minimum absolute atomic E-state index is 0.0797. The molecule has 2 N–H and O–H groups in total. The Labute approximate surface area is 112 Å². The summed E-state index contributed by atoms with van der Waals surface area (Å²) in [6, 6.07) is 9.72. The van der Waals surface area contributed by atoms with E-state index in [9.17, 15) is 4.79 Å². The highest BCUT2D eigenvalue weighted by molar-refractivity contribution is 5.80. The van der Waals surface area contributed by atoms with Crippen molar-refractivity contribution in [2.24, 2.45) is 0 Å². The second-order valence-corrected chi connectivity index (χ2v) is 4.38. The normalized spacial score (nSPS) is 10.2. The van der Waals surface area contributed by atoms with E-state index in [0.29, 0.717) is 18.1 Å². The van der Waals surface area contributed by atoms with Crippen LogP contribution in [0.4, 0.5) is 5.82 Å². The smallest absolute Gasteiger partial charge is 0.239 e. The van der Waals surface area contributed by atoms with Crippen LogP contribution < -0.4 is 10.6 Å². The molecule has 0 unspecified atom stereocenters. The molecule has 1 amide bonds. The van der Waals surface area contributed by atoms with Crippen molar-refractivity contribution in [1.82, 2.24) is 10.5 Å². The lowest BCUT2D eigenvalue weighted by atomic mass is 10.1. The number of hydrogen-bond acceptors (Lipinski definition) is 4. The summed E-state index contributed by atoms with van der Waals surface area (Å²) >= 11 is 0. The molecule has 0 fully saturated rings. The van der Waals surface area contributed by atoms with E-state index < -0.39 is 0 Å². The number of rotatable bonds is 5. The van der Waals surface area contributed by atoms with E-state index in [1.165, 1.54) is 5.56 Å². The van der Waals surface area contributed by atoms with E-state index in [1.54, 1.807) is 13.0 Å². The van der Waals surface area contributed by atoms with Crippen LogP contribution in [0.5, 0.6) is 0 Å². The minimum Gasteiger partial charge on any atom is -0.360 e. The maximum atomic E-state index is 11.7. The average Bonchev–Trinajstić information content (AvgIpc) is 2.81. The topological polar surface area (TPSA) is 67.2 Å². The molecule has 19 heavy (non-hydrogen) atoms. The number of carbonyl (C=O) groups is 1. The van der Waals surface area contributed by atoms with Crippen LogP contribution in [-0.2, 0) is 11.3 Å². The van der Waals surface area contributed by atoms with Crippen molar-refractivity contribution in [2.45, 2.75) is 20.4 Å². The third-order valence-corrected chi connectivity index (χ3v) is 2.80. The van der Waals surface area contributed by atoms with Crippen LogP contribution >= 0.6 is 0 Å². The van der Waals surface area contributed by atoms with Crippen molar-refractivity contribution in [3.63, 3.8) is 0 Å². The van der Waals surface area contributed by atoms with Crippen molar-refractivity contribution >= 4 is 11.7 Å². The number of nitrogens with one attached hydrogen (secondary N) is 2. The molecule has 100 valence electrons. The van der Waals surface area contributed by atoms with Crippen LogP contribution in [-0.4, -0.2) is 17.6 Å². The first-order valence-electron chi connectivity index (χ1n) is 6.13. The molecule has 5 heteroatoms. The molecule has 0 aliphatic heterocycles. The number of aromatic nitrogens is 1. The standard InChI is InChI=1S/C14H17N3O2/c1-10-5-3-4-6-12(10)8-16-14(18)9-15-13-7-11(2)19-17-13/h3-7H,8-9H2,1-2H3,(H,15,17)(H,16,18). The molecule has 0 aliphatic rings. The largest absolute Gasteiger partial charge is 0.360 e. The highest BCUT2D eigenvalue weighted by atomic mass is 16.5. The summed E-state index contributed by atoms with van der Waals surface area (Å²) in [6.07, 6.45) is 0. The summed E-state index contributed by atoms with van der Waals surface area (Å²) < 4.78 is 4.90. The van der Waals surface area contributed by atoms with Gasteiger partial charge in [-0.15, -0.1) is 0 Å². The molecule has 1 aromatic heterocycles. The van der Waals surface area contributed by atoms with Gasteiger partial charge in [0.05, 0.1) is 6.54 Å². The molecular weight excluding hydrogens is 242 g/mol. The molecule has 5 nitrogen and oxygen atoms in total. The van der Waals surface area contributed by atoms with E-state index in [0.717, 1.165) is 5.56 Å². The summed E-state index contributed by atoms with van der Waals surface area (Å²) in [4.78, 5) is 11.7. The maximum absolute atomic E-state index is 11.7. The highest BCUT2D eigenvalue weighted by Crippen LogP contribution is 2.07. The third-order valence-electron chi connectivity index (χ3n) is 2.80. The first-order chi connectivity index (χ1) is 9.15. The summed E-state index contributed by atoms with van der Waals surface area (Å²) in [7, 11) is 0. The van der Waals surface area contributed by atoms with Gasteiger partial charge in [0.1, 0.15) is 5.76 Å². The molecule has 0 atom stereocenters. The van der Waals surface area contributed by atoms with Crippen molar-refractivity contribution in [3.8, 4) is 0 Å². The number of amides is 1. The van der Waals surface area contributed by atoms with E-state index >= 15 is 0 Å². The summed E-state index contributed by atoms with van der Waals surface area (Å²) in [5, 5.41) is 9.51. The average molecular weight is 259 g/mol. The van der Waals surface area contributed by atoms with Crippen LogP contribution in [0, 0.1) is 13.8 Å². The summed E-state index contributed by atoms with van der Waals surface area (Å²) in [5.41, 5.74) is 2.29. The zero-order chi connectivity index (χ0) is 13.7. The molecule has 2 rings (SSSR count). The summed E-state index contributed by atoms with van der Waals surface area (Å²) in [5.74, 6) is 1.20. The van der Waals surface area contributed by atoms with Crippen LogP contribution in [0.25, 0.3) is 0 Å². The van der Waals surface area contributed by atoms with Crippen molar-refractivity contribution in [1.29, 1.82) is 0 Å². The Morgan fingerprint density at radius 2 is 2.11 bits per heavy atom. The Bertz CT molecular complexity index is 563. The second-order valence-electron chi connectivity index (χ2n) is 4.38. The number of carbonyl (C=O) groups excluding carboxylic acids is 1. The number of aryl methyl sites for hydroxylation is 2. The molecule has 2 aromatic rings. The van der Waals surface area contributed by atoms with Gasteiger partial charge in [0, 0.05) is 12.6 Å². The predicted octanol–water partition coefficient (Wildman–Crippen LogP) is 2.02. The number of hydrogen-bond donors (Lipinski definition) is 2. The van der Waals surface area contributed by atoms with Gasteiger partial charge in [0.25, 0.3) is 0 Å². The zero-order valence-electron chi connectivity index (χ0n) is 11.1. The van der Waals surface area contributed by atoms with Crippen LogP contribution in [0.2, 0.25) is 0 Å². The molecule has 0 spiro atoms. The van der Waals surface area contributed by atoms with Gasteiger partial charge in [-0.05, 0) is 25.0 Å². The molecule has 0 bridgehead atoms. The molecular formula is C14H17N3O2. The molecule has 0 saturated heterocycles. The van der Waals surface area contributed by atoms with Gasteiger partial charge in [-0.3, -0.25) is 4.79 Å². The van der Waals surface area contributed by atoms with Gasteiger partial charge in [0.15, 0.2) is 5.82 Å². The van der Waals surface area contributed by atoms with Crippen LogP contribution in [0.3, 0.4) is 0 Å². The van der Waals surface area contributed by atoms with Crippen molar-refractivity contribution < 1.29 is 9.32 Å². The first-order valence-corrected chi connectivity index (χ1v) is 6.13. The Morgan fingerprint density at radius 3 is 2.79 bits per heavy atom. The van der Waals surface area contributed by atoms with Gasteiger partial charge < -0.3 is 15.2 Å². The van der Waals surface area contributed by atoms with Gasteiger partial charge in [-0.25, -0.2) is 0 Å². The SMILES string of the molecule is Cc1cc(NCC(=O)NCc2ccccc2C)no1. The van der Waals surface area contributed by atoms with Crippen molar-refractivity contribution in [3.05, 3.63) is 47.2 Å².